The molecule has 1 heterocycles. The zero-order chi connectivity index (χ0) is 15.8. The van der Waals surface area contributed by atoms with Crippen LogP contribution in [0.1, 0.15) is 32.3 Å². The van der Waals surface area contributed by atoms with Crippen LogP contribution in [0.15, 0.2) is 24.3 Å². The lowest BCUT2D eigenvalue weighted by atomic mass is 10.2. The van der Waals surface area contributed by atoms with Crippen LogP contribution in [0.5, 0.6) is 5.75 Å². The SMILES string of the molecule is CCOc1ccccc1COC(=O)C(C)OCC1CCCO1. The molecule has 5 heteroatoms. The van der Waals surface area contributed by atoms with E-state index in [9.17, 15) is 4.79 Å². The summed E-state index contributed by atoms with van der Waals surface area (Å²) in [5, 5.41) is 0. The number of hydrogen-bond donors (Lipinski definition) is 0. The summed E-state index contributed by atoms with van der Waals surface area (Å²) >= 11 is 0. The highest BCUT2D eigenvalue weighted by Crippen LogP contribution is 2.19. The Labute approximate surface area is 131 Å². The maximum Gasteiger partial charge on any atom is 0.335 e. The Kier molecular flexibility index (Phi) is 6.68. The van der Waals surface area contributed by atoms with Crippen LogP contribution in [-0.2, 0) is 25.6 Å². The second-order valence-corrected chi connectivity index (χ2v) is 5.26. The second-order valence-electron chi connectivity index (χ2n) is 5.26. The number of hydrogen-bond acceptors (Lipinski definition) is 5. The lowest BCUT2D eigenvalue weighted by molar-refractivity contribution is -0.159. The Bertz CT molecular complexity index is 468. The van der Waals surface area contributed by atoms with Crippen molar-refractivity contribution in [1.82, 2.24) is 0 Å². The number of para-hydroxylation sites is 1. The van der Waals surface area contributed by atoms with E-state index in [1.165, 1.54) is 0 Å². The third-order valence-corrected chi connectivity index (χ3v) is 3.53. The quantitative estimate of drug-likeness (QED) is 0.691. The fourth-order valence-corrected chi connectivity index (χ4v) is 2.28. The zero-order valence-corrected chi connectivity index (χ0v) is 13.2. The molecule has 1 aliphatic rings. The van der Waals surface area contributed by atoms with Gasteiger partial charge in [0.15, 0.2) is 6.10 Å². The summed E-state index contributed by atoms with van der Waals surface area (Å²) in [5.74, 6) is 0.370. The van der Waals surface area contributed by atoms with E-state index in [-0.39, 0.29) is 18.7 Å². The predicted molar refractivity (Wildman–Crippen MR) is 81.8 cm³/mol. The molecule has 1 aromatic rings. The van der Waals surface area contributed by atoms with Crippen molar-refractivity contribution in [3.63, 3.8) is 0 Å². The first-order chi connectivity index (χ1) is 10.7. The van der Waals surface area contributed by atoms with Crippen molar-refractivity contribution in [3.8, 4) is 5.75 Å². The summed E-state index contributed by atoms with van der Waals surface area (Å²) in [5.41, 5.74) is 0.851. The van der Waals surface area contributed by atoms with Crippen LogP contribution >= 0.6 is 0 Å². The van der Waals surface area contributed by atoms with Crippen molar-refractivity contribution in [2.45, 2.75) is 45.5 Å². The summed E-state index contributed by atoms with van der Waals surface area (Å²) in [7, 11) is 0. The van der Waals surface area contributed by atoms with Gasteiger partial charge in [0, 0.05) is 12.2 Å². The van der Waals surface area contributed by atoms with Gasteiger partial charge in [-0.2, -0.15) is 0 Å². The molecule has 2 atom stereocenters. The molecule has 0 aliphatic carbocycles. The first kappa shape index (κ1) is 16.8. The van der Waals surface area contributed by atoms with Gasteiger partial charge in [-0.3, -0.25) is 0 Å². The molecule has 1 saturated heterocycles. The molecule has 0 bridgehead atoms. The van der Waals surface area contributed by atoms with Crippen LogP contribution in [0.3, 0.4) is 0 Å². The van der Waals surface area contributed by atoms with Gasteiger partial charge in [-0.1, -0.05) is 18.2 Å². The molecule has 0 N–H and O–H groups in total. The fourth-order valence-electron chi connectivity index (χ4n) is 2.28. The number of carbonyl (C=O) groups is 1. The molecule has 22 heavy (non-hydrogen) atoms. The molecule has 1 fully saturated rings. The average Bonchev–Trinajstić information content (AvgIpc) is 3.05. The van der Waals surface area contributed by atoms with E-state index in [1.54, 1.807) is 6.92 Å². The summed E-state index contributed by atoms with van der Waals surface area (Å²) in [6.45, 7) is 5.59. The zero-order valence-electron chi connectivity index (χ0n) is 13.2. The second kappa shape index (κ2) is 8.76. The van der Waals surface area contributed by atoms with Crippen molar-refractivity contribution < 1.29 is 23.7 Å². The molecule has 0 saturated carbocycles. The van der Waals surface area contributed by atoms with Gasteiger partial charge in [-0.15, -0.1) is 0 Å². The number of esters is 1. The van der Waals surface area contributed by atoms with Crippen LogP contribution in [0.4, 0.5) is 0 Å². The largest absolute Gasteiger partial charge is 0.493 e. The van der Waals surface area contributed by atoms with Crippen LogP contribution in [0, 0.1) is 0 Å². The molecule has 0 spiro atoms. The van der Waals surface area contributed by atoms with Gasteiger partial charge >= 0.3 is 5.97 Å². The van der Waals surface area contributed by atoms with E-state index >= 15 is 0 Å². The van der Waals surface area contributed by atoms with Gasteiger partial charge in [-0.25, -0.2) is 4.79 Å². The molecular weight excluding hydrogens is 284 g/mol. The van der Waals surface area contributed by atoms with Gasteiger partial charge in [-0.05, 0) is 32.8 Å². The van der Waals surface area contributed by atoms with Crippen molar-refractivity contribution >= 4 is 5.97 Å². The van der Waals surface area contributed by atoms with Gasteiger partial charge in [0.25, 0.3) is 0 Å². The van der Waals surface area contributed by atoms with E-state index in [2.05, 4.69) is 0 Å². The highest BCUT2D eigenvalue weighted by atomic mass is 16.6. The minimum Gasteiger partial charge on any atom is -0.493 e. The molecule has 2 unspecified atom stereocenters. The number of ether oxygens (including phenoxy) is 4. The van der Waals surface area contributed by atoms with Crippen molar-refractivity contribution in [2.75, 3.05) is 19.8 Å². The predicted octanol–water partition coefficient (Wildman–Crippen LogP) is 2.71. The summed E-state index contributed by atoms with van der Waals surface area (Å²) in [6, 6.07) is 7.53. The van der Waals surface area contributed by atoms with Gasteiger partial charge < -0.3 is 18.9 Å². The molecule has 2 rings (SSSR count). The van der Waals surface area contributed by atoms with E-state index in [0.29, 0.717) is 13.2 Å². The molecule has 1 aromatic carbocycles. The highest BCUT2D eigenvalue weighted by molar-refractivity contribution is 5.74. The Morgan fingerprint density at radius 1 is 1.41 bits per heavy atom. The summed E-state index contributed by atoms with van der Waals surface area (Å²) in [4.78, 5) is 12.0. The van der Waals surface area contributed by atoms with Crippen molar-refractivity contribution in [3.05, 3.63) is 29.8 Å². The molecular formula is C17H24O5. The van der Waals surface area contributed by atoms with Crippen LogP contribution in [0.25, 0.3) is 0 Å². The number of benzene rings is 1. The Morgan fingerprint density at radius 3 is 2.95 bits per heavy atom. The van der Waals surface area contributed by atoms with Crippen LogP contribution < -0.4 is 4.74 Å². The van der Waals surface area contributed by atoms with E-state index in [4.69, 9.17) is 18.9 Å². The summed E-state index contributed by atoms with van der Waals surface area (Å²) in [6.07, 6.45) is 1.56. The Hall–Kier alpha value is -1.59. The minimum atomic E-state index is -0.594. The average molecular weight is 308 g/mol. The van der Waals surface area contributed by atoms with E-state index in [0.717, 1.165) is 30.8 Å². The lowest BCUT2D eigenvalue weighted by Gasteiger charge is -2.16. The van der Waals surface area contributed by atoms with Crippen LogP contribution in [0.2, 0.25) is 0 Å². The smallest absolute Gasteiger partial charge is 0.335 e. The third-order valence-electron chi connectivity index (χ3n) is 3.53. The normalized spacial score (nSPS) is 18.9. The maximum absolute atomic E-state index is 12.0. The first-order valence-corrected chi connectivity index (χ1v) is 7.81. The molecule has 0 radical (unpaired) electrons. The number of carbonyl (C=O) groups excluding carboxylic acids is 1. The minimum absolute atomic E-state index is 0.105. The molecule has 1 aliphatic heterocycles. The number of rotatable bonds is 8. The third kappa shape index (κ3) is 5.00. The van der Waals surface area contributed by atoms with Crippen molar-refractivity contribution in [2.24, 2.45) is 0 Å². The monoisotopic (exact) mass is 308 g/mol. The van der Waals surface area contributed by atoms with Gasteiger partial charge in [0.2, 0.25) is 0 Å². The Morgan fingerprint density at radius 2 is 2.23 bits per heavy atom. The Balaban J connectivity index is 1.76. The molecule has 0 amide bonds. The van der Waals surface area contributed by atoms with Gasteiger partial charge in [0.05, 0.1) is 19.3 Å². The van der Waals surface area contributed by atoms with Crippen LogP contribution in [-0.4, -0.2) is 38.0 Å². The highest BCUT2D eigenvalue weighted by Gasteiger charge is 2.21. The van der Waals surface area contributed by atoms with E-state index in [1.807, 2.05) is 31.2 Å². The fraction of sp³-hybridized carbons (Fsp3) is 0.588. The molecule has 5 nitrogen and oxygen atoms in total. The van der Waals surface area contributed by atoms with Crippen molar-refractivity contribution in [1.29, 1.82) is 0 Å². The topological polar surface area (TPSA) is 54.0 Å². The molecule has 122 valence electrons. The lowest BCUT2D eigenvalue weighted by Crippen LogP contribution is -2.27. The summed E-state index contributed by atoms with van der Waals surface area (Å²) < 4.78 is 21.8. The van der Waals surface area contributed by atoms with E-state index < -0.39 is 6.10 Å². The van der Waals surface area contributed by atoms with Gasteiger partial charge in [0.1, 0.15) is 12.4 Å². The maximum atomic E-state index is 12.0. The first-order valence-electron chi connectivity index (χ1n) is 7.81. The standard InChI is InChI=1S/C17H24O5/c1-3-19-16-9-5-4-7-14(16)11-22-17(18)13(2)21-12-15-8-6-10-20-15/h4-5,7,9,13,15H,3,6,8,10-12H2,1-2H3. The molecule has 0 aromatic heterocycles.